The second kappa shape index (κ2) is 2.58. The minimum absolute atomic E-state index is 0.0110. The summed E-state index contributed by atoms with van der Waals surface area (Å²) in [6.45, 7) is 0. The Balaban J connectivity index is 2.85. The third-order valence-corrected chi connectivity index (χ3v) is 3.84. The van der Waals surface area contributed by atoms with E-state index in [9.17, 15) is 0 Å². The monoisotopic (exact) mass is 302 g/mol. The van der Waals surface area contributed by atoms with Crippen LogP contribution in [0.4, 0.5) is 0 Å². The molecule has 0 N–H and O–H groups in total. The molecule has 1 heterocycles. The lowest BCUT2D eigenvalue weighted by Crippen LogP contribution is -1.84. The molecule has 1 aliphatic rings. The molecule has 8 heavy (non-hydrogen) atoms. The Morgan fingerprint density at radius 3 is 2.12 bits per heavy atom. The fraction of sp³-hybridized carbons (Fsp3) is 0.333. The second-order valence-electron chi connectivity index (χ2n) is 1.19. The van der Waals surface area contributed by atoms with Crippen LogP contribution >= 0.6 is 47.8 Å². The molecule has 1 rings (SSSR count). The molecule has 0 fully saturated rings. The van der Waals surface area contributed by atoms with E-state index < -0.39 is 0 Å². The molecule has 44 valence electrons. The standard InChI is InChI=1S/C3HBr3N2/c4-1-2(5)7-8-3(1)6/h2H/t2-/m0/s1. The zero-order valence-corrected chi connectivity index (χ0v) is 8.36. The smallest absolute Gasteiger partial charge is 0.160 e. The number of alkyl halides is 1. The van der Waals surface area contributed by atoms with Crippen LogP contribution in [0.5, 0.6) is 0 Å². The number of halogens is 3. The van der Waals surface area contributed by atoms with E-state index in [1.807, 2.05) is 0 Å². The molecular formula is C3HBr3N2. The fourth-order valence-corrected chi connectivity index (χ4v) is 1.39. The van der Waals surface area contributed by atoms with Crippen LogP contribution in [-0.2, 0) is 0 Å². The molecule has 1 atom stereocenters. The Kier molecular flexibility index (Phi) is 2.22. The van der Waals surface area contributed by atoms with Crippen molar-refractivity contribution in [2.75, 3.05) is 0 Å². The van der Waals surface area contributed by atoms with Crippen molar-refractivity contribution in [3.63, 3.8) is 0 Å². The fourth-order valence-electron chi connectivity index (χ4n) is 0.298. The molecule has 0 bridgehead atoms. The zero-order chi connectivity index (χ0) is 6.15. The largest absolute Gasteiger partial charge is 0.167 e. The highest BCUT2D eigenvalue weighted by Gasteiger charge is 2.15. The predicted octanol–water partition coefficient (Wildman–Crippen LogP) is 3.13. The zero-order valence-electron chi connectivity index (χ0n) is 3.61. The van der Waals surface area contributed by atoms with Gasteiger partial charge in [0, 0.05) is 0 Å². The predicted molar refractivity (Wildman–Crippen MR) is 42.5 cm³/mol. The molecule has 0 saturated heterocycles. The van der Waals surface area contributed by atoms with Crippen LogP contribution in [0, 0.1) is 0 Å². The van der Waals surface area contributed by atoms with Gasteiger partial charge in [0.2, 0.25) is 0 Å². The van der Waals surface area contributed by atoms with E-state index in [-0.39, 0.29) is 4.95 Å². The van der Waals surface area contributed by atoms with Gasteiger partial charge >= 0.3 is 0 Å². The Morgan fingerprint density at radius 2 is 2.00 bits per heavy atom. The van der Waals surface area contributed by atoms with Crippen LogP contribution in [0.15, 0.2) is 19.3 Å². The Morgan fingerprint density at radius 1 is 1.38 bits per heavy atom. The van der Waals surface area contributed by atoms with Crippen molar-refractivity contribution in [3.05, 3.63) is 9.09 Å². The van der Waals surface area contributed by atoms with Crippen LogP contribution in [-0.4, -0.2) is 4.95 Å². The molecule has 0 amide bonds. The molecule has 0 radical (unpaired) electrons. The molecule has 0 unspecified atom stereocenters. The normalized spacial score (nSPS) is 27.6. The van der Waals surface area contributed by atoms with E-state index >= 15 is 0 Å². The van der Waals surface area contributed by atoms with E-state index in [1.54, 1.807) is 0 Å². The molecular weight excluding hydrogens is 304 g/mol. The van der Waals surface area contributed by atoms with E-state index in [1.165, 1.54) is 0 Å². The molecule has 2 nitrogen and oxygen atoms in total. The lowest BCUT2D eigenvalue weighted by atomic mass is 10.6. The van der Waals surface area contributed by atoms with E-state index in [2.05, 4.69) is 58.0 Å². The maximum Gasteiger partial charge on any atom is 0.160 e. The summed E-state index contributed by atoms with van der Waals surface area (Å²) < 4.78 is 1.71. The summed E-state index contributed by atoms with van der Waals surface area (Å²) in [6, 6.07) is 0. The van der Waals surface area contributed by atoms with Gasteiger partial charge in [-0.15, -0.1) is 5.11 Å². The summed E-state index contributed by atoms with van der Waals surface area (Å²) in [5.41, 5.74) is 0. The molecule has 0 spiro atoms. The van der Waals surface area contributed by atoms with Gasteiger partial charge in [-0.1, -0.05) is 15.9 Å². The first kappa shape index (κ1) is 6.89. The summed E-state index contributed by atoms with van der Waals surface area (Å²) in [4.78, 5) is 0.0110. The van der Waals surface area contributed by atoms with Crippen molar-refractivity contribution in [1.82, 2.24) is 0 Å². The summed E-state index contributed by atoms with van der Waals surface area (Å²) in [5.74, 6) is 0. The maximum absolute atomic E-state index is 3.77. The van der Waals surface area contributed by atoms with Crippen LogP contribution in [0.25, 0.3) is 0 Å². The first-order valence-corrected chi connectivity index (χ1v) is 4.32. The quantitative estimate of drug-likeness (QED) is 0.485. The molecule has 5 heteroatoms. The van der Waals surface area contributed by atoms with Crippen molar-refractivity contribution in [1.29, 1.82) is 0 Å². The van der Waals surface area contributed by atoms with Crippen molar-refractivity contribution in [2.24, 2.45) is 10.2 Å². The topological polar surface area (TPSA) is 24.7 Å². The molecule has 0 aliphatic carbocycles. The highest BCUT2D eigenvalue weighted by molar-refractivity contribution is 9.15. The van der Waals surface area contributed by atoms with Crippen molar-refractivity contribution in [3.8, 4) is 0 Å². The molecule has 0 aromatic rings. The van der Waals surface area contributed by atoms with E-state index in [0.29, 0.717) is 0 Å². The highest BCUT2D eigenvalue weighted by atomic mass is 79.9. The van der Waals surface area contributed by atoms with Crippen molar-refractivity contribution in [2.45, 2.75) is 4.95 Å². The highest BCUT2D eigenvalue weighted by Crippen LogP contribution is 2.33. The Bertz CT molecular complexity index is 162. The lowest BCUT2D eigenvalue weighted by Gasteiger charge is -1.89. The molecule has 0 aromatic heterocycles. The van der Waals surface area contributed by atoms with Gasteiger partial charge in [-0.05, 0) is 31.9 Å². The van der Waals surface area contributed by atoms with Gasteiger partial charge in [0.1, 0.15) is 4.61 Å². The first-order chi connectivity index (χ1) is 3.72. The number of nitrogens with zero attached hydrogens (tertiary/aromatic N) is 2. The second-order valence-corrected chi connectivity index (χ2v) is 3.66. The Labute approximate surface area is 71.8 Å². The van der Waals surface area contributed by atoms with E-state index in [4.69, 9.17) is 0 Å². The number of hydrogen-bond acceptors (Lipinski definition) is 2. The molecule has 0 aromatic carbocycles. The molecule has 1 aliphatic heterocycles. The number of hydrogen-bond donors (Lipinski definition) is 0. The summed E-state index contributed by atoms with van der Waals surface area (Å²) in [6.07, 6.45) is 0. The van der Waals surface area contributed by atoms with Gasteiger partial charge in [0.25, 0.3) is 0 Å². The third-order valence-electron chi connectivity index (χ3n) is 0.653. The first-order valence-electron chi connectivity index (χ1n) is 1.82. The van der Waals surface area contributed by atoms with Gasteiger partial charge in [-0.25, -0.2) is 0 Å². The van der Waals surface area contributed by atoms with Gasteiger partial charge in [-0.2, -0.15) is 5.11 Å². The van der Waals surface area contributed by atoms with Gasteiger partial charge in [-0.3, -0.25) is 0 Å². The average molecular weight is 305 g/mol. The summed E-state index contributed by atoms with van der Waals surface area (Å²) >= 11 is 9.70. The van der Waals surface area contributed by atoms with Crippen LogP contribution in [0.1, 0.15) is 0 Å². The van der Waals surface area contributed by atoms with Crippen LogP contribution < -0.4 is 0 Å². The van der Waals surface area contributed by atoms with E-state index in [0.717, 1.165) is 9.09 Å². The summed E-state index contributed by atoms with van der Waals surface area (Å²) in [5, 5.41) is 7.50. The van der Waals surface area contributed by atoms with Crippen molar-refractivity contribution >= 4 is 47.8 Å². The van der Waals surface area contributed by atoms with Gasteiger partial charge in [0.15, 0.2) is 4.95 Å². The number of azo groups is 1. The Hall–Kier alpha value is 0.780. The minimum atomic E-state index is 0.0110. The third kappa shape index (κ3) is 1.19. The maximum atomic E-state index is 3.77. The van der Waals surface area contributed by atoms with Gasteiger partial charge < -0.3 is 0 Å². The lowest BCUT2D eigenvalue weighted by molar-refractivity contribution is 1.09. The minimum Gasteiger partial charge on any atom is -0.167 e. The average Bonchev–Trinajstić information content (AvgIpc) is 1.98. The van der Waals surface area contributed by atoms with Crippen molar-refractivity contribution < 1.29 is 0 Å². The summed E-state index contributed by atoms with van der Waals surface area (Å²) in [7, 11) is 0. The van der Waals surface area contributed by atoms with Crippen LogP contribution in [0.3, 0.4) is 0 Å². The SMILES string of the molecule is BrC1=C(Br)[C@@H](Br)N=N1. The van der Waals surface area contributed by atoms with Crippen LogP contribution in [0.2, 0.25) is 0 Å². The van der Waals surface area contributed by atoms with Gasteiger partial charge in [0.05, 0.1) is 4.48 Å². The number of rotatable bonds is 0. The molecule has 0 saturated carbocycles.